The van der Waals surface area contributed by atoms with E-state index in [0.717, 1.165) is 21.0 Å². The molecule has 3 rings (SSSR count). The quantitative estimate of drug-likeness (QED) is 0.427. The molecule has 0 aliphatic heterocycles. The molecule has 196 valence electrons. The number of nitrogens with zero attached hydrogens (tertiary/aromatic N) is 2. The van der Waals surface area contributed by atoms with Crippen molar-refractivity contribution in [3.63, 3.8) is 0 Å². The topological polar surface area (TPSA) is 86.8 Å². The second-order valence-electron chi connectivity index (χ2n) is 9.51. The standard InChI is InChI=1S/C29H35N3O4S/c1-21(2)30-29(34)24(5)31(19-25-13-9-11-22(3)17-25)28(33)20-32(26-14-10-12-23(4)18-26)37(35,36)27-15-7-6-8-16-27/h6-18,21,24H,19-20H2,1-5H3,(H,30,34)/t24-/m1/s1. The summed E-state index contributed by atoms with van der Waals surface area (Å²) in [4.78, 5) is 28.3. The summed E-state index contributed by atoms with van der Waals surface area (Å²) >= 11 is 0. The van der Waals surface area contributed by atoms with E-state index in [4.69, 9.17) is 0 Å². The second kappa shape index (κ2) is 12.1. The lowest BCUT2D eigenvalue weighted by Crippen LogP contribution is -2.52. The summed E-state index contributed by atoms with van der Waals surface area (Å²) in [6, 6.07) is 21.8. The first-order valence-electron chi connectivity index (χ1n) is 12.3. The van der Waals surface area contributed by atoms with Crippen LogP contribution in [0.3, 0.4) is 0 Å². The van der Waals surface area contributed by atoms with Gasteiger partial charge in [0.15, 0.2) is 0 Å². The third-order valence-corrected chi connectivity index (χ3v) is 7.72. The van der Waals surface area contributed by atoms with E-state index in [-0.39, 0.29) is 23.4 Å². The van der Waals surface area contributed by atoms with Crippen molar-refractivity contribution in [2.45, 2.75) is 58.1 Å². The third kappa shape index (κ3) is 7.20. The van der Waals surface area contributed by atoms with Gasteiger partial charge in [-0.2, -0.15) is 0 Å². The van der Waals surface area contributed by atoms with Crippen LogP contribution in [0.4, 0.5) is 5.69 Å². The van der Waals surface area contributed by atoms with Crippen molar-refractivity contribution >= 4 is 27.5 Å². The summed E-state index contributed by atoms with van der Waals surface area (Å²) in [6.45, 7) is 8.89. The van der Waals surface area contributed by atoms with Gasteiger partial charge in [0.1, 0.15) is 12.6 Å². The maximum atomic E-state index is 13.9. The Kier molecular flexibility index (Phi) is 9.10. The highest BCUT2D eigenvalue weighted by molar-refractivity contribution is 7.92. The fourth-order valence-electron chi connectivity index (χ4n) is 4.03. The average Bonchev–Trinajstić information content (AvgIpc) is 2.85. The van der Waals surface area contributed by atoms with Gasteiger partial charge in [-0.15, -0.1) is 0 Å². The molecule has 37 heavy (non-hydrogen) atoms. The van der Waals surface area contributed by atoms with Gasteiger partial charge >= 0.3 is 0 Å². The Morgan fingerprint density at radius 1 is 0.838 bits per heavy atom. The first-order chi connectivity index (χ1) is 17.5. The van der Waals surface area contributed by atoms with Gasteiger partial charge in [0.2, 0.25) is 11.8 Å². The van der Waals surface area contributed by atoms with E-state index in [9.17, 15) is 18.0 Å². The molecule has 3 aromatic carbocycles. The number of anilines is 1. The first kappa shape index (κ1) is 27.9. The fraction of sp³-hybridized carbons (Fsp3) is 0.310. The fourth-order valence-corrected chi connectivity index (χ4v) is 5.45. The molecule has 0 radical (unpaired) electrons. The average molecular weight is 522 g/mol. The van der Waals surface area contributed by atoms with Crippen LogP contribution < -0.4 is 9.62 Å². The lowest BCUT2D eigenvalue weighted by atomic mass is 10.1. The molecular formula is C29H35N3O4S. The van der Waals surface area contributed by atoms with E-state index in [1.54, 1.807) is 43.3 Å². The maximum Gasteiger partial charge on any atom is 0.264 e. The largest absolute Gasteiger partial charge is 0.352 e. The monoisotopic (exact) mass is 521 g/mol. The molecule has 7 nitrogen and oxygen atoms in total. The Balaban J connectivity index is 2.02. The van der Waals surface area contributed by atoms with E-state index >= 15 is 0 Å². The zero-order chi connectivity index (χ0) is 27.2. The number of hydrogen-bond acceptors (Lipinski definition) is 4. The number of rotatable bonds is 10. The minimum absolute atomic E-state index is 0.0835. The molecule has 0 aliphatic rings. The highest BCUT2D eigenvalue weighted by Gasteiger charge is 2.32. The number of carbonyl (C=O) groups excluding carboxylic acids is 2. The van der Waals surface area contributed by atoms with Crippen LogP contribution in [-0.2, 0) is 26.2 Å². The molecule has 8 heteroatoms. The van der Waals surface area contributed by atoms with Crippen LogP contribution >= 0.6 is 0 Å². The predicted octanol–water partition coefficient (Wildman–Crippen LogP) is 4.44. The molecule has 0 heterocycles. The lowest BCUT2D eigenvalue weighted by Gasteiger charge is -2.32. The normalized spacial score (nSPS) is 12.2. The summed E-state index contributed by atoms with van der Waals surface area (Å²) in [5, 5.41) is 2.86. The van der Waals surface area contributed by atoms with Crippen molar-refractivity contribution in [3.05, 3.63) is 95.6 Å². The van der Waals surface area contributed by atoms with Gasteiger partial charge in [-0.25, -0.2) is 8.42 Å². The number of nitrogens with one attached hydrogen (secondary N) is 1. The molecule has 0 aromatic heterocycles. The second-order valence-corrected chi connectivity index (χ2v) is 11.4. The van der Waals surface area contributed by atoms with E-state index in [1.807, 2.05) is 58.0 Å². The van der Waals surface area contributed by atoms with Crippen molar-refractivity contribution in [3.8, 4) is 0 Å². The van der Waals surface area contributed by atoms with E-state index in [0.29, 0.717) is 5.69 Å². The van der Waals surface area contributed by atoms with Crippen LogP contribution in [0.1, 0.15) is 37.5 Å². The van der Waals surface area contributed by atoms with Crippen LogP contribution in [0, 0.1) is 13.8 Å². The van der Waals surface area contributed by atoms with Crippen LogP contribution in [0.5, 0.6) is 0 Å². The number of sulfonamides is 1. The summed E-state index contributed by atoms with van der Waals surface area (Å²) in [5.41, 5.74) is 3.12. The van der Waals surface area contributed by atoms with Crippen molar-refractivity contribution in [1.29, 1.82) is 0 Å². The van der Waals surface area contributed by atoms with Gasteiger partial charge in [-0.3, -0.25) is 13.9 Å². The number of benzene rings is 3. The Bertz CT molecular complexity index is 1340. The van der Waals surface area contributed by atoms with E-state index in [1.165, 1.54) is 17.0 Å². The third-order valence-electron chi connectivity index (χ3n) is 5.93. The summed E-state index contributed by atoms with van der Waals surface area (Å²) in [6.07, 6.45) is 0. The summed E-state index contributed by atoms with van der Waals surface area (Å²) < 4.78 is 28.6. The molecule has 0 saturated carbocycles. The van der Waals surface area contributed by atoms with Crippen molar-refractivity contribution in [1.82, 2.24) is 10.2 Å². The van der Waals surface area contributed by atoms with Gasteiger partial charge in [-0.1, -0.05) is 60.2 Å². The molecule has 1 atom stereocenters. The van der Waals surface area contributed by atoms with Crippen LogP contribution in [0.2, 0.25) is 0 Å². The lowest BCUT2D eigenvalue weighted by molar-refractivity contribution is -0.139. The summed E-state index contributed by atoms with van der Waals surface area (Å²) in [5.74, 6) is -0.780. The Hall–Kier alpha value is -3.65. The van der Waals surface area contributed by atoms with Gasteiger partial charge < -0.3 is 10.2 Å². The van der Waals surface area contributed by atoms with Crippen molar-refractivity contribution < 1.29 is 18.0 Å². The van der Waals surface area contributed by atoms with Gasteiger partial charge in [-0.05, 0) is 70.0 Å². The molecular weight excluding hydrogens is 486 g/mol. The SMILES string of the molecule is Cc1cccc(CN(C(=O)CN(c2cccc(C)c2)S(=O)(=O)c2ccccc2)[C@H](C)C(=O)NC(C)C)c1. The number of hydrogen-bond donors (Lipinski definition) is 1. The first-order valence-corrected chi connectivity index (χ1v) is 13.7. The van der Waals surface area contributed by atoms with E-state index in [2.05, 4.69) is 5.32 Å². The zero-order valence-corrected chi connectivity index (χ0v) is 22.8. The molecule has 1 N–H and O–H groups in total. The summed E-state index contributed by atoms with van der Waals surface area (Å²) in [7, 11) is -4.06. The van der Waals surface area contributed by atoms with Crippen molar-refractivity contribution in [2.75, 3.05) is 10.8 Å². The Morgan fingerprint density at radius 3 is 2.05 bits per heavy atom. The van der Waals surface area contributed by atoms with E-state index < -0.39 is 28.5 Å². The molecule has 0 aliphatic carbocycles. The molecule has 0 bridgehead atoms. The maximum absolute atomic E-state index is 13.9. The van der Waals surface area contributed by atoms with Crippen LogP contribution in [0.25, 0.3) is 0 Å². The molecule has 3 aromatic rings. The van der Waals surface area contributed by atoms with Gasteiger partial charge in [0.05, 0.1) is 10.6 Å². The van der Waals surface area contributed by atoms with Crippen LogP contribution in [0.15, 0.2) is 83.8 Å². The molecule has 0 spiro atoms. The smallest absolute Gasteiger partial charge is 0.264 e. The predicted molar refractivity (Wildman–Crippen MR) is 147 cm³/mol. The molecule has 0 fully saturated rings. The molecule has 0 unspecified atom stereocenters. The Labute approximate surface area is 220 Å². The number of carbonyl (C=O) groups is 2. The minimum atomic E-state index is -4.06. The van der Waals surface area contributed by atoms with Crippen LogP contribution in [-0.4, -0.2) is 43.8 Å². The minimum Gasteiger partial charge on any atom is -0.352 e. The molecule has 0 saturated heterocycles. The van der Waals surface area contributed by atoms with Gasteiger partial charge in [0.25, 0.3) is 10.0 Å². The molecule has 2 amide bonds. The highest BCUT2D eigenvalue weighted by atomic mass is 32.2. The Morgan fingerprint density at radius 2 is 1.46 bits per heavy atom. The van der Waals surface area contributed by atoms with Crippen molar-refractivity contribution in [2.24, 2.45) is 0 Å². The highest BCUT2D eigenvalue weighted by Crippen LogP contribution is 2.25. The van der Waals surface area contributed by atoms with Gasteiger partial charge in [0, 0.05) is 12.6 Å². The number of amides is 2. The number of aryl methyl sites for hydroxylation is 2. The zero-order valence-electron chi connectivity index (χ0n) is 22.0.